The Morgan fingerprint density at radius 2 is 1.79 bits per heavy atom. The monoisotopic (exact) mass is 470 g/mol. The van der Waals surface area contributed by atoms with Crippen molar-refractivity contribution < 1.29 is 19.4 Å². The van der Waals surface area contributed by atoms with Crippen molar-refractivity contribution in [2.45, 2.75) is 46.6 Å². The molecule has 0 bridgehead atoms. The molecule has 4 heterocycles. The molecule has 0 radical (unpaired) electrons. The number of aliphatic imine (C=N–C) groups is 1. The maximum Gasteiger partial charge on any atom is 0.343 e. The second-order valence-corrected chi connectivity index (χ2v) is 9.39. The summed E-state index contributed by atoms with van der Waals surface area (Å²) >= 11 is 0. The molecule has 1 aromatic heterocycles. The number of ether oxygens (including phenoxy) is 2. The molecule has 0 atom stereocenters. The SMILES string of the molecule is CCOC(=O)C1=C(O)/C(=C\c2cc(C)n(C3CCN(CCN4CCOCC4)CC3)c2C)N=C1C. The van der Waals surface area contributed by atoms with Gasteiger partial charge in [-0.05, 0) is 58.2 Å². The van der Waals surface area contributed by atoms with Crippen molar-refractivity contribution in [1.82, 2.24) is 14.4 Å². The van der Waals surface area contributed by atoms with Gasteiger partial charge in [0, 0.05) is 56.7 Å². The van der Waals surface area contributed by atoms with E-state index in [0.29, 0.717) is 17.5 Å². The van der Waals surface area contributed by atoms with Crippen molar-refractivity contribution in [1.29, 1.82) is 0 Å². The quantitative estimate of drug-likeness (QED) is 0.616. The zero-order chi connectivity index (χ0) is 24.2. The van der Waals surface area contributed by atoms with E-state index in [1.54, 1.807) is 13.8 Å². The highest BCUT2D eigenvalue weighted by atomic mass is 16.5. The van der Waals surface area contributed by atoms with E-state index in [1.165, 1.54) is 11.4 Å². The van der Waals surface area contributed by atoms with E-state index in [2.05, 4.69) is 39.3 Å². The van der Waals surface area contributed by atoms with E-state index < -0.39 is 5.97 Å². The van der Waals surface area contributed by atoms with E-state index in [9.17, 15) is 9.90 Å². The summed E-state index contributed by atoms with van der Waals surface area (Å²) in [6.07, 6.45) is 4.14. The molecule has 3 aliphatic rings. The zero-order valence-electron chi connectivity index (χ0n) is 21.0. The molecule has 4 rings (SSSR count). The van der Waals surface area contributed by atoms with Gasteiger partial charge in [-0.1, -0.05) is 0 Å². The lowest BCUT2D eigenvalue weighted by Gasteiger charge is -2.36. The summed E-state index contributed by atoms with van der Waals surface area (Å²) in [6.45, 7) is 16.3. The van der Waals surface area contributed by atoms with Crippen LogP contribution in [0.15, 0.2) is 28.1 Å². The minimum atomic E-state index is -0.532. The van der Waals surface area contributed by atoms with E-state index in [4.69, 9.17) is 9.47 Å². The number of likely N-dealkylation sites (tertiary alicyclic amines) is 1. The number of aliphatic hydroxyl groups excluding tert-OH is 1. The van der Waals surface area contributed by atoms with Crippen molar-refractivity contribution in [3.8, 4) is 0 Å². The third-order valence-electron chi connectivity index (χ3n) is 7.18. The summed E-state index contributed by atoms with van der Waals surface area (Å²) in [5.74, 6) is -0.634. The largest absolute Gasteiger partial charge is 0.505 e. The number of aryl methyl sites for hydroxylation is 1. The molecule has 0 spiro atoms. The number of carbonyl (C=O) groups excluding carboxylic acids is 1. The maximum atomic E-state index is 12.2. The number of hydrogen-bond acceptors (Lipinski definition) is 7. The second-order valence-electron chi connectivity index (χ2n) is 9.39. The zero-order valence-corrected chi connectivity index (χ0v) is 21.0. The van der Waals surface area contributed by atoms with Gasteiger partial charge in [-0.3, -0.25) is 4.90 Å². The first kappa shape index (κ1) is 24.7. The van der Waals surface area contributed by atoms with Crippen molar-refractivity contribution in [2.24, 2.45) is 4.99 Å². The highest BCUT2D eigenvalue weighted by molar-refractivity contribution is 6.22. The summed E-state index contributed by atoms with van der Waals surface area (Å²) in [5, 5.41) is 10.6. The van der Waals surface area contributed by atoms with Gasteiger partial charge in [0.25, 0.3) is 0 Å². The highest BCUT2D eigenvalue weighted by Crippen LogP contribution is 2.32. The molecule has 0 unspecified atom stereocenters. The van der Waals surface area contributed by atoms with Crippen LogP contribution < -0.4 is 0 Å². The lowest BCUT2D eigenvalue weighted by molar-refractivity contribution is -0.138. The summed E-state index contributed by atoms with van der Waals surface area (Å²) in [6, 6.07) is 2.62. The first-order valence-electron chi connectivity index (χ1n) is 12.5. The van der Waals surface area contributed by atoms with Gasteiger partial charge < -0.3 is 24.0 Å². The minimum Gasteiger partial charge on any atom is -0.505 e. The summed E-state index contributed by atoms with van der Waals surface area (Å²) < 4.78 is 13.0. The molecule has 0 aliphatic carbocycles. The third kappa shape index (κ3) is 5.29. The molecule has 3 aliphatic heterocycles. The van der Waals surface area contributed by atoms with Crippen LogP contribution in [0, 0.1) is 13.8 Å². The van der Waals surface area contributed by atoms with Crippen LogP contribution in [0.3, 0.4) is 0 Å². The number of rotatable bonds is 7. The van der Waals surface area contributed by atoms with Crippen molar-refractivity contribution in [3.05, 3.63) is 40.0 Å². The number of piperidine rings is 1. The average molecular weight is 471 g/mol. The Labute approximate surface area is 202 Å². The van der Waals surface area contributed by atoms with Gasteiger partial charge in [-0.2, -0.15) is 0 Å². The van der Waals surface area contributed by atoms with Crippen LogP contribution in [0.4, 0.5) is 0 Å². The van der Waals surface area contributed by atoms with Crippen molar-refractivity contribution in [3.63, 3.8) is 0 Å². The maximum absolute atomic E-state index is 12.2. The number of carbonyl (C=O) groups is 1. The molecular weight excluding hydrogens is 432 g/mol. The van der Waals surface area contributed by atoms with Gasteiger partial charge >= 0.3 is 5.97 Å². The van der Waals surface area contributed by atoms with Crippen LogP contribution in [0.2, 0.25) is 0 Å². The molecule has 0 aromatic carbocycles. The number of hydrogen-bond donors (Lipinski definition) is 1. The molecule has 34 heavy (non-hydrogen) atoms. The first-order chi connectivity index (χ1) is 16.4. The van der Waals surface area contributed by atoms with Crippen molar-refractivity contribution >= 4 is 17.8 Å². The summed E-state index contributed by atoms with van der Waals surface area (Å²) in [4.78, 5) is 21.7. The smallest absolute Gasteiger partial charge is 0.343 e. The standard InChI is InChI=1S/C26H38N4O4/c1-5-34-26(32)24-19(3)27-23(25(24)31)17-21-16-18(2)30(20(21)4)22-6-8-28(9-7-22)10-11-29-12-14-33-15-13-29/h16-17,22,31H,5-15H2,1-4H3/b23-17+. The van der Waals surface area contributed by atoms with Crippen LogP contribution >= 0.6 is 0 Å². The van der Waals surface area contributed by atoms with Gasteiger partial charge in [0.1, 0.15) is 11.3 Å². The number of nitrogens with zero attached hydrogens (tertiary/aromatic N) is 4. The third-order valence-corrected chi connectivity index (χ3v) is 7.18. The van der Waals surface area contributed by atoms with Crippen molar-refractivity contribution in [2.75, 3.05) is 59.1 Å². The Bertz CT molecular complexity index is 993. The lowest BCUT2D eigenvalue weighted by atomic mass is 10.0. The fourth-order valence-corrected chi connectivity index (χ4v) is 5.30. The van der Waals surface area contributed by atoms with Crippen LogP contribution in [-0.4, -0.2) is 90.2 Å². The van der Waals surface area contributed by atoms with E-state index in [1.807, 2.05) is 6.08 Å². The van der Waals surface area contributed by atoms with Gasteiger partial charge in [0.05, 0.1) is 25.5 Å². The molecule has 2 fully saturated rings. The molecular formula is C26H38N4O4. The van der Waals surface area contributed by atoms with Crippen LogP contribution in [0.25, 0.3) is 6.08 Å². The van der Waals surface area contributed by atoms with Gasteiger partial charge in [0.15, 0.2) is 5.76 Å². The number of aliphatic hydroxyl groups is 1. The Kier molecular flexibility index (Phi) is 7.91. The van der Waals surface area contributed by atoms with Crippen LogP contribution in [0.1, 0.15) is 49.7 Å². The van der Waals surface area contributed by atoms with Gasteiger partial charge in [-0.25, -0.2) is 9.79 Å². The molecule has 8 heteroatoms. The first-order valence-corrected chi connectivity index (χ1v) is 12.5. The van der Waals surface area contributed by atoms with Crippen LogP contribution in [-0.2, 0) is 14.3 Å². The average Bonchev–Trinajstić information content (AvgIpc) is 3.27. The molecule has 2 saturated heterocycles. The Morgan fingerprint density at radius 3 is 2.44 bits per heavy atom. The van der Waals surface area contributed by atoms with Gasteiger partial charge in [-0.15, -0.1) is 0 Å². The normalized spacial score (nSPS) is 22.0. The predicted octanol–water partition coefficient (Wildman–Crippen LogP) is 3.26. The van der Waals surface area contributed by atoms with E-state index in [-0.39, 0.29) is 17.9 Å². The Hall–Kier alpha value is -2.42. The number of aromatic nitrogens is 1. The van der Waals surface area contributed by atoms with Crippen LogP contribution in [0.5, 0.6) is 0 Å². The molecule has 1 aromatic rings. The highest BCUT2D eigenvalue weighted by Gasteiger charge is 2.29. The molecule has 8 nitrogen and oxygen atoms in total. The minimum absolute atomic E-state index is 0.102. The van der Waals surface area contributed by atoms with E-state index >= 15 is 0 Å². The Balaban J connectivity index is 1.42. The molecule has 1 N–H and O–H groups in total. The fourth-order valence-electron chi connectivity index (χ4n) is 5.30. The Morgan fingerprint density at radius 1 is 1.15 bits per heavy atom. The summed E-state index contributed by atoms with van der Waals surface area (Å²) in [5.41, 5.74) is 4.46. The predicted molar refractivity (Wildman–Crippen MR) is 133 cm³/mol. The number of morpholine rings is 1. The summed E-state index contributed by atoms with van der Waals surface area (Å²) in [7, 11) is 0. The fraction of sp³-hybridized carbons (Fsp3) is 0.615. The number of esters is 1. The van der Waals surface area contributed by atoms with Gasteiger partial charge in [0.2, 0.25) is 0 Å². The lowest BCUT2D eigenvalue weighted by Crippen LogP contribution is -2.43. The second kappa shape index (κ2) is 10.9. The molecule has 0 saturated carbocycles. The molecule has 0 amide bonds. The van der Waals surface area contributed by atoms with E-state index in [0.717, 1.165) is 70.9 Å². The molecule has 186 valence electrons. The topological polar surface area (TPSA) is 79.5 Å².